The van der Waals surface area contributed by atoms with Gasteiger partial charge < -0.3 is 9.42 Å². The van der Waals surface area contributed by atoms with E-state index in [2.05, 4.69) is 66.5 Å². The standard InChI is InChI=1S/C24H27N3O2/c1-15(2)19-9-7-18(8-10-19)14-27-21(11-12-22(27)28)24-25-23(26-29-24)20-13-16(3)5-6-17(20)4/h5-10,13,15,21H,11-12,14H2,1-4H3. The van der Waals surface area contributed by atoms with Crippen LogP contribution in [0.1, 0.15) is 66.8 Å². The number of aryl methyl sites for hydroxylation is 2. The lowest BCUT2D eigenvalue weighted by Gasteiger charge is -2.22. The summed E-state index contributed by atoms with van der Waals surface area (Å²) in [6, 6.07) is 14.5. The number of rotatable bonds is 5. The molecular weight excluding hydrogens is 362 g/mol. The third kappa shape index (κ3) is 3.95. The van der Waals surface area contributed by atoms with Gasteiger partial charge in [-0.1, -0.05) is 61.0 Å². The molecule has 0 bridgehead atoms. The molecule has 2 heterocycles. The molecule has 0 aliphatic carbocycles. The van der Waals surface area contributed by atoms with E-state index in [0.29, 0.717) is 37.0 Å². The van der Waals surface area contributed by atoms with Crippen LogP contribution in [0.4, 0.5) is 0 Å². The molecule has 5 heteroatoms. The van der Waals surface area contributed by atoms with E-state index in [-0.39, 0.29) is 11.9 Å². The van der Waals surface area contributed by atoms with Gasteiger partial charge in [-0.05, 0) is 48.9 Å². The van der Waals surface area contributed by atoms with Gasteiger partial charge in [0.1, 0.15) is 6.04 Å². The zero-order valence-corrected chi connectivity index (χ0v) is 17.5. The highest BCUT2D eigenvalue weighted by molar-refractivity contribution is 5.79. The molecule has 0 spiro atoms. The SMILES string of the molecule is Cc1ccc(C)c(-c2noc(C3CCC(=O)N3Cc3ccc(C(C)C)cc3)n2)c1. The van der Waals surface area contributed by atoms with E-state index in [1.54, 1.807) is 0 Å². The molecule has 1 saturated heterocycles. The number of hydrogen-bond donors (Lipinski definition) is 0. The van der Waals surface area contributed by atoms with Crippen LogP contribution in [0.2, 0.25) is 0 Å². The third-order valence-corrected chi connectivity index (χ3v) is 5.69. The Hall–Kier alpha value is -2.95. The van der Waals surface area contributed by atoms with E-state index >= 15 is 0 Å². The first-order chi connectivity index (χ1) is 13.9. The number of likely N-dealkylation sites (tertiary alicyclic amines) is 1. The topological polar surface area (TPSA) is 59.2 Å². The van der Waals surface area contributed by atoms with Crippen molar-refractivity contribution in [2.24, 2.45) is 0 Å². The molecule has 2 aromatic carbocycles. The minimum atomic E-state index is -0.168. The summed E-state index contributed by atoms with van der Waals surface area (Å²) in [6.45, 7) is 9.00. The summed E-state index contributed by atoms with van der Waals surface area (Å²) in [6.07, 6.45) is 1.22. The number of nitrogens with zero attached hydrogens (tertiary/aromatic N) is 3. The largest absolute Gasteiger partial charge is 0.337 e. The minimum absolute atomic E-state index is 0.134. The van der Waals surface area contributed by atoms with Gasteiger partial charge >= 0.3 is 0 Å². The van der Waals surface area contributed by atoms with Gasteiger partial charge in [0, 0.05) is 18.5 Å². The van der Waals surface area contributed by atoms with Gasteiger partial charge in [0.2, 0.25) is 17.6 Å². The van der Waals surface area contributed by atoms with Crippen molar-refractivity contribution in [3.8, 4) is 11.4 Å². The lowest BCUT2D eigenvalue weighted by molar-refractivity contribution is -0.129. The van der Waals surface area contributed by atoms with E-state index < -0.39 is 0 Å². The van der Waals surface area contributed by atoms with E-state index in [4.69, 9.17) is 4.52 Å². The first-order valence-corrected chi connectivity index (χ1v) is 10.2. The summed E-state index contributed by atoms with van der Waals surface area (Å²) in [4.78, 5) is 19.1. The van der Waals surface area contributed by atoms with Gasteiger partial charge in [-0.2, -0.15) is 4.98 Å². The van der Waals surface area contributed by atoms with Gasteiger partial charge in [0.05, 0.1) is 0 Å². The number of hydrogen-bond acceptors (Lipinski definition) is 4. The average molecular weight is 389 g/mol. The predicted molar refractivity (Wildman–Crippen MR) is 112 cm³/mol. The Morgan fingerprint density at radius 2 is 1.90 bits per heavy atom. The normalized spacial score (nSPS) is 16.8. The molecule has 1 aromatic heterocycles. The maximum atomic E-state index is 12.5. The molecule has 4 rings (SSSR count). The fourth-order valence-electron chi connectivity index (χ4n) is 3.85. The van der Waals surface area contributed by atoms with Crippen LogP contribution >= 0.6 is 0 Å². The smallest absolute Gasteiger partial charge is 0.249 e. The second-order valence-corrected chi connectivity index (χ2v) is 8.25. The molecule has 1 aliphatic rings. The fraction of sp³-hybridized carbons (Fsp3) is 0.375. The Labute approximate surface area is 171 Å². The Bertz CT molecular complexity index is 1020. The molecule has 0 saturated carbocycles. The van der Waals surface area contributed by atoms with Crippen LogP contribution in [0.15, 0.2) is 47.0 Å². The van der Waals surface area contributed by atoms with Crippen molar-refractivity contribution in [1.29, 1.82) is 0 Å². The van der Waals surface area contributed by atoms with Crippen molar-refractivity contribution < 1.29 is 9.32 Å². The molecular formula is C24H27N3O2. The molecule has 1 amide bonds. The van der Waals surface area contributed by atoms with Gasteiger partial charge in [-0.3, -0.25) is 4.79 Å². The summed E-state index contributed by atoms with van der Waals surface area (Å²) in [5, 5.41) is 4.21. The third-order valence-electron chi connectivity index (χ3n) is 5.69. The van der Waals surface area contributed by atoms with E-state index in [0.717, 1.165) is 22.3 Å². The Morgan fingerprint density at radius 1 is 1.14 bits per heavy atom. The highest BCUT2D eigenvalue weighted by atomic mass is 16.5. The summed E-state index contributed by atoms with van der Waals surface area (Å²) in [5.41, 5.74) is 5.64. The van der Waals surface area contributed by atoms with Gasteiger partial charge in [-0.15, -0.1) is 0 Å². The van der Waals surface area contributed by atoms with Crippen LogP contribution in [0, 0.1) is 13.8 Å². The molecule has 1 aliphatic heterocycles. The monoisotopic (exact) mass is 389 g/mol. The molecule has 5 nitrogen and oxygen atoms in total. The number of benzene rings is 2. The number of carbonyl (C=O) groups excluding carboxylic acids is 1. The Morgan fingerprint density at radius 3 is 2.62 bits per heavy atom. The van der Waals surface area contributed by atoms with Crippen LogP contribution in [0.3, 0.4) is 0 Å². The fourth-order valence-corrected chi connectivity index (χ4v) is 3.85. The Kier molecular flexibility index (Phi) is 5.22. The first-order valence-electron chi connectivity index (χ1n) is 10.2. The maximum absolute atomic E-state index is 12.5. The lowest BCUT2D eigenvalue weighted by atomic mass is 10.0. The van der Waals surface area contributed by atoms with Gasteiger partial charge in [0.25, 0.3) is 0 Å². The lowest BCUT2D eigenvalue weighted by Crippen LogP contribution is -2.27. The molecule has 150 valence electrons. The summed E-state index contributed by atoms with van der Waals surface area (Å²) >= 11 is 0. The van der Waals surface area contributed by atoms with E-state index in [1.807, 2.05) is 18.7 Å². The van der Waals surface area contributed by atoms with E-state index in [1.165, 1.54) is 5.56 Å². The summed E-state index contributed by atoms with van der Waals surface area (Å²) < 4.78 is 5.61. The summed E-state index contributed by atoms with van der Waals surface area (Å²) in [5.74, 6) is 1.73. The molecule has 0 radical (unpaired) electrons. The maximum Gasteiger partial charge on any atom is 0.249 e. The van der Waals surface area contributed by atoms with Crippen LogP contribution in [-0.4, -0.2) is 20.9 Å². The van der Waals surface area contributed by atoms with Crippen molar-refractivity contribution in [1.82, 2.24) is 15.0 Å². The first kappa shape index (κ1) is 19.4. The van der Waals surface area contributed by atoms with Crippen molar-refractivity contribution in [3.63, 3.8) is 0 Å². The van der Waals surface area contributed by atoms with Crippen molar-refractivity contribution in [2.45, 2.75) is 59.0 Å². The van der Waals surface area contributed by atoms with Crippen molar-refractivity contribution >= 4 is 5.91 Å². The molecule has 1 fully saturated rings. The Balaban J connectivity index is 1.57. The van der Waals surface area contributed by atoms with Crippen LogP contribution in [-0.2, 0) is 11.3 Å². The van der Waals surface area contributed by atoms with Crippen molar-refractivity contribution in [2.75, 3.05) is 0 Å². The van der Waals surface area contributed by atoms with Crippen molar-refractivity contribution in [3.05, 3.63) is 70.6 Å². The second kappa shape index (κ2) is 7.82. The quantitative estimate of drug-likeness (QED) is 0.591. The zero-order chi connectivity index (χ0) is 20.5. The number of carbonyl (C=O) groups is 1. The molecule has 1 unspecified atom stereocenters. The average Bonchev–Trinajstić information content (AvgIpc) is 3.32. The predicted octanol–water partition coefficient (Wildman–Crippen LogP) is 5.34. The van der Waals surface area contributed by atoms with Crippen LogP contribution in [0.25, 0.3) is 11.4 Å². The highest BCUT2D eigenvalue weighted by Gasteiger charge is 2.36. The second-order valence-electron chi connectivity index (χ2n) is 8.25. The number of aromatic nitrogens is 2. The van der Waals surface area contributed by atoms with Gasteiger partial charge in [-0.25, -0.2) is 0 Å². The zero-order valence-electron chi connectivity index (χ0n) is 17.5. The van der Waals surface area contributed by atoms with E-state index in [9.17, 15) is 4.79 Å². The molecule has 0 N–H and O–H groups in total. The molecule has 1 atom stereocenters. The van der Waals surface area contributed by atoms with Crippen LogP contribution < -0.4 is 0 Å². The molecule has 29 heavy (non-hydrogen) atoms. The summed E-state index contributed by atoms with van der Waals surface area (Å²) in [7, 11) is 0. The highest BCUT2D eigenvalue weighted by Crippen LogP contribution is 2.34. The van der Waals surface area contributed by atoms with Crippen LogP contribution in [0.5, 0.6) is 0 Å². The minimum Gasteiger partial charge on any atom is -0.337 e. The van der Waals surface area contributed by atoms with Gasteiger partial charge in [0.15, 0.2) is 0 Å². The number of amides is 1. The molecule has 3 aromatic rings.